The van der Waals surface area contributed by atoms with Crippen molar-refractivity contribution in [1.29, 1.82) is 0 Å². The zero-order valence-corrected chi connectivity index (χ0v) is 14.0. The van der Waals surface area contributed by atoms with Crippen molar-refractivity contribution in [2.45, 2.75) is 0 Å². The third-order valence-corrected chi connectivity index (χ3v) is 4.12. The fourth-order valence-electron chi connectivity index (χ4n) is 1.99. The van der Waals surface area contributed by atoms with Crippen LogP contribution in [0.1, 0.15) is 0 Å². The number of fused-ring (bicyclic) bond motifs is 1. The summed E-state index contributed by atoms with van der Waals surface area (Å²) in [7, 11) is 1.60. The van der Waals surface area contributed by atoms with Gasteiger partial charge in [-0.15, -0.1) is 0 Å². The first-order chi connectivity index (χ1) is 10.1. The van der Waals surface area contributed by atoms with Gasteiger partial charge in [-0.05, 0) is 36.4 Å². The number of ether oxygens (including phenoxy) is 1. The molecule has 0 fully saturated rings. The summed E-state index contributed by atoms with van der Waals surface area (Å²) in [6.07, 6.45) is 0. The molecule has 3 aromatic rings. The van der Waals surface area contributed by atoms with E-state index in [2.05, 4.69) is 25.9 Å². The lowest BCUT2D eigenvalue weighted by molar-refractivity contribution is 0.415. The number of benzene rings is 2. The molecule has 2 aromatic carbocycles. The lowest BCUT2D eigenvalue weighted by Gasteiger charge is -2.08. The van der Waals surface area contributed by atoms with Crippen molar-refractivity contribution >= 4 is 50.0 Å². The number of nitrogens with zero attached hydrogens (tertiary/aromatic N) is 2. The SMILES string of the molecule is COc1ccc2nc(-c3ccc(Br)cc3Cl)nc(Cl)c2c1. The Kier molecular flexibility index (Phi) is 4.02. The van der Waals surface area contributed by atoms with Crippen LogP contribution in [0.3, 0.4) is 0 Å². The second kappa shape index (κ2) is 5.79. The maximum Gasteiger partial charge on any atom is 0.162 e. The molecule has 0 atom stereocenters. The predicted molar refractivity (Wildman–Crippen MR) is 89.2 cm³/mol. The Bertz CT molecular complexity index is 839. The molecule has 106 valence electrons. The zero-order chi connectivity index (χ0) is 15.0. The normalized spacial score (nSPS) is 10.9. The van der Waals surface area contributed by atoms with Crippen LogP contribution in [0.4, 0.5) is 0 Å². The molecule has 0 bridgehead atoms. The molecule has 0 spiro atoms. The van der Waals surface area contributed by atoms with Crippen molar-refractivity contribution in [3.05, 3.63) is 51.0 Å². The Morgan fingerprint density at radius 3 is 2.57 bits per heavy atom. The molecule has 0 aliphatic rings. The van der Waals surface area contributed by atoms with Crippen LogP contribution in [-0.2, 0) is 0 Å². The van der Waals surface area contributed by atoms with Gasteiger partial charge in [0.05, 0.1) is 17.6 Å². The Balaban J connectivity index is 2.20. The van der Waals surface area contributed by atoms with E-state index in [1.165, 1.54) is 0 Å². The maximum absolute atomic E-state index is 6.27. The molecule has 21 heavy (non-hydrogen) atoms. The molecule has 0 N–H and O–H groups in total. The van der Waals surface area contributed by atoms with E-state index >= 15 is 0 Å². The third-order valence-electron chi connectivity index (χ3n) is 3.03. The van der Waals surface area contributed by atoms with Gasteiger partial charge in [0, 0.05) is 15.4 Å². The minimum Gasteiger partial charge on any atom is -0.497 e. The van der Waals surface area contributed by atoms with Crippen LogP contribution in [0.25, 0.3) is 22.3 Å². The highest BCUT2D eigenvalue weighted by atomic mass is 79.9. The van der Waals surface area contributed by atoms with Gasteiger partial charge in [-0.25, -0.2) is 9.97 Å². The van der Waals surface area contributed by atoms with Crippen LogP contribution in [0.2, 0.25) is 10.2 Å². The van der Waals surface area contributed by atoms with E-state index in [0.717, 1.165) is 20.9 Å². The van der Waals surface area contributed by atoms with Crippen molar-refractivity contribution in [2.24, 2.45) is 0 Å². The molecule has 6 heteroatoms. The topological polar surface area (TPSA) is 35.0 Å². The molecular formula is C15H9BrCl2N2O. The number of halogens is 3. The fourth-order valence-corrected chi connectivity index (χ4v) is 2.98. The van der Waals surface area contributed by atoms with Crippen LogP contribution in [-0.4, -0.2) is 17.1 Å². The third kappa shape index (κ3) is 2.84. The van der Waals surface area contributed by atoms with Gasteiger partial charge in [-0.3, -0.25) is 0 Å². The molecule has 3 rings (SSSR count). The molecule has 1 aromatic heterocycles. The number of hydrogen-bond donors (Lipinski definition) is 0. The summed E-state index contributed by atoms with van der Waals surface area (Å²) in [4.78, 5) is 8.86. The lowest BCUT2D eigenvalue weighted by Crippen LogP contribution is -1.93. The largest absolute Gasteiger partial charge is 0.497 e. The van der Waals surface area contributed by atoms with E-state index in [1.807, 2.05) is 30.3 Å². The summed E-state index contributed by atoms with van der Waals surface area (Å²) < 4.78 is 6.08. The van der Waals surface area contributed by atoms with E-state index in [0.29, 0.717) is 21.7 Å². The number of rotatable bonds is 2. The Labute approximate surface area is 140 Å². The van der Waals surface area contributed by atoms with E-state index in [9.17, 15) is 0 Å². The summed E-state index contributed by atoms with van der Waals surface area (Å²) >= 11 is 15.9. The molecule has 0 radical (unpaired) electrons. The van der Waals surface area contributed by atoms with Gasteiger partial charge >= 0.3 is 0 Å². The van der Waals surface area contributed by atoms with Gasteiger partial charge in [0.25, 0.3) is 0 Å². The Morgan fingerprint density at radius 2 is 1.86 bits per heavy atom. The Hall–Kier alpha value is -1.36. The quantitative estimate of drug-likeness (QED) is 0.557. The molecule has 0 saturated carbocycles. The second-order valence-electron chi connectivity index (χ2n) is 4.35. The number of hydrogen-bond acceptors (Lipinski definition) is 3. The highest BCUT2D eigenvalue weighted by Gasteiger charge is 2.12. The van der Waals surface area contributed by atoms with E-state index in [4.69, 9.17) is 27.9 Å². The molecule has 3 nitrogen and oxygen atoms in total. The van der Waals surface area contributed by atoms with Gasteiger partial charge in [-0.1, -0.05) is 39.1 Å². The minimum atomic E-state index is 0.368. The summed E-state index contributed by atoms with van der Waals surface area (Å²) in [5.41, 5.74) is 1.48. The van der Waals surface area contributed by atoms with Crippen molar-refractivity contribution < 1.29 is 4.74 Å². The molecule has 0 aliphatic carbocycles. The van der Waals surface area contributed by atoms with E-state index in [-0.39, 0.29) is 0 Å². The van der Waals surface area contributed by atoms with Crippen molar-refractivity contribution in [1.82, 2.24) is 9.97 Å². The fraction of sp³-hybridized carbons (Fsp3) is 0.0667. The van der Waals surface area contributed by atoms with Crippen molar-refractivity contribution in [3.8, 4) is 17.1 Å². The molecule has 0 amide bonds. The standard InChI is InChI=1S/C15H9BrCl2N2O/c1-21-9-3-5-13-11(7-9)14(18)20-15(19-13)10-4-2-8(16)6-12(10)17/h2-7H,1H3. The van der Waals surface area contributed by atoms with Crippen molar-refractivity contribution in [2.75, 3.05) is 7.11 Å². The summed E-state index contributed by atoms with van der Waals surface area (Å²) in [5, 5.41) is 1.68. The van der Waals surface area contributed by atoms with Crippen LogP contribution in [0.15, 0.2) is 40.9 Å². The maximum atomic E-state index is 6.27. The average molecular weight is 384 g/mol. The monoisotopic (exact) mass is 382 g/mol. The molecule has 0 saturated heterocycles. The summed E-state index contributed by atoms with van der Waals surface area (Å²) in [5.74, 6) is 1.21. The van der Waals surface area contributed by atoms with Gasteiger partial charge in [0.2, 0.25) is 0 Å². The summed E-state index contributed by atoms with van der Waals surface area (Å²) in [6.45, 7) is 0. The van der Waals surface area contributed by atoms with Crippen LogP contribution < -0.4 is 4.74 Å². The van der Waals surface area contributed by atoms with Gasteiger partial charge in [0.1, 0.15) is 10.9 Å². The summed E-state index contributed by atoms with van der Waals surface area (Å²) in [6, 6.07) is 11.0. The molecule has 0 aliphatic heterocycles. The van der Waals surface area contributed by atoms with E-state index in [1.54, 1.807) is 13.2 Å². The first-order valence-corrected chi connectivity index (χ1v) is 7.60. The van der Waals surface area contributed by atoms with Crippen molar-refractivity contribution in [3.63, 3.8) is 0 Å². The number of methoxy groups -OCH3 is 1. The number of aromatic nitrogens is 2. The zero-order valence-electron chi connectivity index (χ0n) is 10.9. The minimum absolute atomic E-state index is 0.368. The van der Waals surface area contributed by atoms with Gasteiger partial charge in [0.15, 0.2) is 5.82 Å². The highest BCUT2D eigenvalue weighted by Crippen LogP contribution is 2.32. The van der Waals surface area contributed by atoms with Crippen LogP contribution in [0.5, 0.6) is 5.75 Å². The van der Waals surface area contributed by atoms with Crippen LogP contribution in [0, 0.1) is 0 Å². The highest BCUT2D eigenvalue weighted by molar-refractivity contribution is 9.10. The van der Waals surface area contributed by atoms with Gasteiger partial charge in [-0.2, -0.15) is 0 Å². The average Bonchev–Trinajstić information content (AvgIpc) is 2.47. The Morgan fingerprint density at radius 1 is 1.05 bits per heavy atom. The first kappa shape index (κ1) is 14.6. The smallest absolute Gasteiger partial charge is 0.162 e. The lowest BCUT2D eigenvalue weighted by atomic mass is 10.2. The predicted octanol–water partition coefficient (Wildman–Crippen LogP) is 5.37. The second-order valence-corrected chi connectivity index (χ2v) is 6.03. The van der Waals surface area contributed by atoms with E-state index < -0.39 is 0 Å². The molecule has 1 heterocycles. The first-order valence-electron chi connectivity index (χ1n) is 6.05. The molecule has 0 unspecified atom stereocenters. The molecular weight excluding hydrogens is 375 g/mol. The van der Waals surface area contributed by atoms with Crippen LogP contribution >= 0.6 is 39.1 Å². The van der Waals surface area contributed by atoms with Gasteiger partial charge < -0.3 is 4.74 Å².